The Labute approximate surface area is 309 Å². The monoisotopic (exact) mass is 759 g/mol. The van der Waals surface area contributed by atoms with Crippen molar-refractivity contribution < 1.29 is 9.63 Å². The van der Waals surface area contributed by atoms with Crippen molar-refractivity contribution in [1.82, 2.24) is 34.7 Å². The van der Waals surface area contributed by atoms with Crippen LogP contribution in [0, 0.1) is 6.92 Å². The standard InChI is InChI=1S/C39H47BrClN7O2/c1-28-24-45(27-43-28)17-8-18-47(25-29-9-4-2-5-10-29)50-36-26-46(19-20-48(36)39(49)44-34-11-6-3-7-12-34)38-35-16-15-33(41)22-30(35)13-14-31-21-32(40)23-42-37(31)38/h2,4-5,9-10,15-16,21-24,27,34,36,38H,3,6-8,11-14,17-20,25-26H2,1H3,(H,44,49)/t36-,38+/m0/s1. The zero-order chi connectivity index (χ0) is 34.5. The maximum absolute atomic E-state index is 14.1. The molecule has 4 aromatic rings. The van der Waals surface area contributed by atoms with Gasteiger partial charge in [-0.05, 0) is 95.4 Å². The van der Waals surface area contributed by atoms with Crippen molar-refractivity contribution >= 4 is 33.6 Å². The molecule has 3 heterocycles. The van der Waals surface area contributed by atoms with Gasteiger partial charge in [-0.15, -0.1) is 0 Å². The molecule has 0 spiro atoms. The van der Waals surface area contributed by atoms with E-state index in [0.717, 1.165) is 77.9 Å². The van der Waals surface area contributed by atoms with Gasteiger partial charge in [-0.25, -0.2) is 9.78 Å². The summed E-state index contributed by atoms with van der Waals surface area (Å²) >= 11 is 10.2. The Balaban J connectivity index is 1.18. The molecule has 0 radical (unpaired) electrons. The van der Waals surface area contributed by atoms with Gasteiger partial charge in [0, 0.05) is 67.2 Å². The third kappa shape index (κ3) is 8.60. The van der Waals surface area contributed by atoms with Crippen molar-refractivity contribution in [3.05, 3.63) is 116 Å². The second-order valence-corrected chi connectivity index (χ2v) is 15.3. The molecule has 50 heavy (non-hydrogen) atoms. The van der Waals surface area contributed by atoms with Crippen LogP contribution in [-0.4, -0.2) is 73.9 Å². The highest BCUT2D eigenvalue weighted by Crippen LogP contribution is 2.39. The number of nitrogens with one attached hydrogen (secondary N) is 1. The first-order valence-electron chi connectivity index (χ1n) is 18.1. The maximum atomic E-state index is 14.1. The van der Waals surface area contributed by atoms with E-state index < -0.39 is 6.23 Å². The van der Waals surface area contributed by atoms with Crippen LogP contribution in [0.1, 0.15) is 78.2 Å². The second kappa shape index (κ2) is 16.4. The van der Waals surface area contributed by atoms with E-state index >= 15 is 0 Å². The number of amides is 2. The molecule has 2 atom stereocenters. The van der Waals surface area contributed by atoms with E-state index in [2.05, 4.69) is 89.4 Å². The molecule has 2 fully saturated rings. The van der Waals surface area contributed by atoms with Crippen LogP contribution in [0.25, 0.3) is 0 Å². The Morgan fingerprint density at radius 2 is 1.86 bits per heavy atom. The van der Waals surface area contributed by atoms with Gasteiger partial charge in [0.2, 0.25) is 0 Å². The fraction of sp³-hybridized carbons (Fsp3) is 0.462. The van der Waals surface area contributed by atoms with Gasteiger partial charge < -0.3 is 9.88 Å². The third-order valence-electron chi connectivity index (χ3n) is 10.3. The number of hydrogen-bond donors (Lipinski definition) is 1. The second-order valence-electron chi connectivity index (χ2n) is 13.9. The topological polar surface area (TPSA) is 78.8 Å². The van der Waals surface area contributed by atoms with Crippen LogP contribution in [0.5, 0.6) is 0 Å². The Morgan fingerprint density at radius 1 is 1.04 bits per heavy atom. The van der Waals surface area contributed by atoms with Gasteiger partial charge in [-0.1, -0.05) is 67.3 Å². The molecule has 0 unspecified atom stereocenters. The summed E-state index contributed by atoms with van der Waals surface area (Å²) < 4.78 is 3.10. The summed E-state index contributed by atoms with van der Waals surface area (Å²) in [4.78, 5) is 34.9. The summed E-state index contributed by atoms with van der Waals surface area (Å²) in [6.45, 7) is 5.93. The van der Waals surface area contributed by atoms with Crippen LogP contribution < -0.4 is 5.32 Å². The molecule has 9 nitrogen and oxygen atoms in total. The summed E-state index contributed by atoms with van der Waals surface area (Å²) in [5.74, 6) is 0. The number of carbonyl (C=O) groups excluding carboxylic acids is 1. The van der Waals surface area contributed by atoms with Crippen LogP contribution >= 0.6 is 27.5 Å². The predicted molar refractivity (Wildman–Crippen MR) is 200 cm³/mol. The molecule has 1 saturated heterocycles. The van der Waals surface area contributed by atoms with Gasteiger partial charge in [0.05, 0.1) is 23.8 Å². The fourth-order valence-corrected chi connectivity index (χ4v) is 8.34. The summed E-state index contributed by atoms with van der Waals surface area (Å²) in [5, 5.41) is 6.18. The van der Waals surface area contributed by atoms with Gasteiger partial charge in [0.25, 0.3) is 0 Å². The summed E-state index contributed by atoms with van der Waals surface area (Å²) in [5.41, 5.74) is 6.92. The average molecular weight is 761 g/mol. The quantitative estimate of drug-likeness (QED) is 0.167. The van der Waals surface area contributed by atoms with E-state index in [4.69, 9.17) is 21.4 Å². The number of rotatable bonds is 10. The lowest BCUT2D eigenvalue weighted by Crippen LogP contribution is -2.61. The molecule has 2 aromatic carbocycles. The van der Waals surface area contributed by atoms with E-state index in [0.29, 0.717) is 32.7 Å². The van der Waals surface area contributed by atoms with Crippen molar-refractivity contribution in [3.63, 3.8) is 0 Å². The number of aryl methyl sites for hydroxylation is 4. The van der Waals surface area contributed by atoms with Crippen LogP contribution in [0.3, 0.4) is 0 Å². The van der Waals surface area contributed by atoms with Gasteiger partial charge in [-0.2, -0.15) is 5.06 Å². The number of hydrogen-bond acceptors (Lipinski definition) is 6. The summed E-state index contributed by atoms with van der Waals surface area (Å²) in [6, 6.07) is 19.0. The van der Waals surface area contributed by atoms with E-state index in [1.165, 1.54) is 23.1 Å². The maximum Gasteiger partial charge on any atom is 0.319 e. The van der Waals surface area contributed by atoms with Crippen LogP contribution in [0.15, 0.2) is 77.8 Å². The first-order valence-corrected chi connectivity index (χ1v) is 19.2. The molecular formula is C39H47BrClN7O2. The molecule has 1 aliphatic heterocycles. The first-order chi connectivity index (χ1) is 24.4. The van der Waals surface area contributed by atoms with E-state index in [1.807, 2.05) is 36.5 Å². The minimum Gasteiger partial charge on any atom is -0.337 e. The number of aromatic nitrogens is 3. The largest absolute Gasteiger partial charge is 0.337 e. The van der Waals surface area contributed by atoms with Crippen molar-refractivity contribution in [3.8, 4) is 0 Å². The summed E-state index contributed by atoms with van der Waals surface area (Å²) in [7, 11) is 0. The number of imidazole rings is 1. The van der Waals surface area contributed by atoms with E-state index in [-0.39, 0.29) is 18.1 Å². The zero-order valence-electron chi connectivity index (χ0n) is 28.8. The van der Waals surface area contributed by atoms with Crippen LogP contribution in [0.4, 0.5) is 4.79 Å². The SMILES string of the molecule is Cc1cn(CCCN(Cc2ccccc2)O[C@H]2CN([C@@H]3c4ccc(Cl)cc4CCc4cc(Br)cnc43)CCN2C(=O)NC2CCCCC2)cn1. The minimum absolute atomic E-state index is 0.0365. The van der Waals surface area contributed by atoms with Gasteiger partial charge in [-0.3, -0.25) is 19.6 Å². The molecule has 3 aliphatic rings. The Morgan fingerprint density at radius 3 is 2.66 bits per heavy atom. The lowest BCUT2D eigenvalue weighted by atomic mass is 9.95. The first kappa shape index (κ1) is 35.1. The average Bonchev–Trinajstić information content (AvgIpc) is 3.47. The Bertz CT molecular complexity index is 1690. The Hall–Kier alpha value is -3.28. The number of benzene rings is 2. The van der Waals surface area contributed by atoms with Gasteiger partial charge >= 0.3 is 6.03 Å². The lowest BCUT2D eigenvalue weighted by molar-refractivity contribution is -0.250. The molecule has 2 aliphatic carbocycles. The molecule has 2 aromatic heterocycles. The number of urea groups is 1. The molecule has 0 bridgehead atoms. The minimum atomic E-state index is -0.496. The van der Waals surface area contributed by atoms with E-state index in [1.54, 1.807) is 0 Å². The van der Waals surface area contributed by atoms with Crippen molar-refractivity contribution in [2.45, 2.75) is 89.7 Å². The highest BCUT2D eigenvalue weighted by Gasteiger charge is 2.39. The number of hydroxylamine groups is 2. The lowest BCUT2D eigenvalue weighted by Gasteiger charge is -2.45. The number of nitrogens with zero attached hydrogens (tertiary/aromatic N) is 6. The smallest absolute Gasteiger partial charge is 0.319 e. The summed E-state index contributed by atoms with van der Waals surface area (Å²) in [6.07, 6.45) is 13.6. The zero-order valence-corrected chi connectivity index (χ0v) is 31.2. The molecule has 1 N–H and O–H groups in total. The number of halogens is 2. The van der Waals surface area contributed by atoms with Crippen molar-refractivity contribution in [1.29, 1.82) is 0 Å². The van der Waals surface area contributed by atoms with E-state index in [9.17, 15) is 4.79 Å². The normalized spacial score (nSPS) is 20.0. The number of carbonyl (C=O) groups is 1. The Kier molecular flexibility index (Phi) is 11.5. The van der Waals surface area contributed by atoms with Crippen molar-refractivity contribution in [2.75, 3.05) is 26.2 Å². The molecule has 1 saturated carbocycles. The fourth-order valence-electron chi connectivity index (χ4n) is 7.77. The highest BCUT2D eigenvalue weighted by atomic mass is 79.9. The molecular weight excluding hydrogens is 714 g/mol. The molecule has 7 rings (SSSR count). The van der Waals surface area contributed by atoms with Crippen LogP contribution in [0.2, 0.25) is 5.02 Å². The predicted octanol–water partition coefficient (Wildman–Crippen LogP) is 7.70. The number of pyridine rings is 1. The molecule has 11 heteroatoms. The number of fused-ring (bicyclic) bond motifs is 2. The number of piperazine rings is 1. The molecule has 264 valence electrons. The third-order valence-corrected chi connectivity index (χ3v) is 10.9. The van der Waals surface area contributed by atoms with Gasteiger partial charge in [0.1, 0.15) is 0 Å². The molecule has 2 amide bonds. The van der Waals surface area contributed by atoms with Gasteiger partial charge in [0.15, 0.2) is 6.23 Å². The van der Waals surface area contributed by atoms with Crippen LogP contribution in [-0.2, 0) is 30.8 Å². The highest BCUT2D eigenvalue weighted by molar-refractivity contribution is 9.10. The van der Waals surface area contributed by atoms with Crippen molar-refractivity contribution in [2.24, 2.45) is 0 Å².